The Kier molecular flexibility index (Phi) is 19.0. The molecule has 0 saturated carbocycles. The molecular formula is C33H65N5O7. The molecule has 0 fully saturated rings. The lowest BCUT2D eigenvalue weighted by molar-refractivity contribution is -0.142. The number of carbonyl (C=O) groups is 4. The van der Waals surface area contributed by atoms with Crippen LogP contribution >= 0.6 is 0 Å². The van der Waals surface area contributed by atoms with Gasteiger partial charge in [0.25, 0.3) is 0 Å². The van der Waals surface area contributed by atoms with E-state index in [-0.39, 0.29) is 66.1 Å². The van der Waals surface area contributed by atoms with Crippen molar-refractivity contribution >= 4 is 23.7 Å². The highest BCUT2D eigenvalue weighted by atomic mass is 16.6. The van der Waals surface area contributed by atoms with Gasteiger partial charge in [-0.3, -0.25) is 14.4 Å². The largest absolute Gasteiger partial charge is 0.480 e. The van der Waals surface area contributed by atoms with E-state index < -0.39 is 24.2 Å². The average Bonchev–Trinajstić information content (AvgIpc) is 2.87. The van der Waals surface area contributed by atoms with Crippen molar-refractivity contribution in [1.29, 1.82) is 0 Å². The summed E-state index contributed by atoms with van der Waals surface area (Å²) in [6.07, 6.45) is 3.26. The van der Waals surface area contributed by atoms with Crippen molar-refractivity contribution < 1.29 is 34.1 Å². The minimum atomic E-state index is -1.17. The van der Waals surface area contributed by atoms with E-state index in [2.05, 4.69) is 47.4 Å². The molecule has 0 heterocycles. The van der Waals surface area contributed by atoms with Crippen LogP contribution in [0, 0.1) is 10.8 Å². The second-order valence-electron chi connectivity index (χ2n) is 15.8. The molecule has 45 heavy (non-hydrogen) atoms. The van der Waals surface area contributed by atoms with Gasteiger partial charge in [-0.1, -0.05) is 34.6 Å². The lowest BCUT2D eigenvalue weighted by Gasteiger charge is -2.35. The second kappa shape index (κ2) is 20.1. The summed E-state index contributed by atoms with van der Waals surface area (Å²) in [6, 6.07) is -1.31. The Balaban J connectivity index is 4.83. The van der Waals surface area contributed by atoms with Gasteiger partial charge < -0.3 is 41.5 Å². The molecule has 12 nitrogen and oxygen atoms in total. The first-order valence-corrected chi connectivity index (χ1v) is 16.3. The van der Waals surface area contributed by atoms with Gasteiger partial charge in [-0.15, -0.1) is 0 Å². The number of hydrogen-bond donors (Lipinski definition) is 7. The van der Waals surface area contributed by atoms with Gasteiger partial charge in [-0.25, -0.2) is 4.79 Å². The van der Waals surface area contributed by atoms with Crippen LogP contribution in [-0.4, -0.2) is 90.1 Å². The summed E-state index contributed by atoms with van der Waals surface area (Å²) in [5.41, 5.74) is -0.705. The third kappa shape index (κ3) is 24.6. The summed E-state index contributed by atoms with van der Waals surface area (Å²) in [5, 5.41) is 34.0. The molecule has 0 rings (SSSR count). The Morgan fingerprint density at radius 1 is 0.733 bits per heavy atom. The number of aliphatic hydroxyl groups is 1. The van der Waals surface area contributed by atoms with Crippen molar-refractivity contribution in [2.75, 3.05) is 33.0 Å². The molecule has 0 saturated heterocycles. The monoisotopic (exact) mass is 643 g/mol. The standard InChI is InChI=1S/C33H65N5O7/c1-30(2,3)17-18-34-26(40)13-11-24(22-45-23-39)38-33(9,10)16-15-32(7,8)21-28(42)37-25(29(43)44)12-14-27(41)35-19-20-36-31(4,5)6/h24-25,36,38-39H,11-23H2,1-10H3,(H,34,40)(H,35,41)(H,37,42)(H,43,44)/t24-,25?/m0/s1. The molecule has 3 amide bonds. The lowest BCUT2D eigenvalue weighted by atomic mass is 9.80. The molecule has 12 heteroatoms. The van der Waals surface area contributed by atoms with E-state index in [1.54, 1.807) is 0 Å². The van der Waals surface area contributed by atoms with Crippen LogP contribution in [0.15, 0.2) is 0 Å². The molecule has 0 aliphatic rings. The maximum atomic E-state index is 12.8. The average molecular weight is 644 g/mol. The Morgan fingerprint density at radius 2 is 1.31 bits per heavy atom. The van der Waals surface area contributed by atoms with Gasteiger partial charge in [0.2, 0.25) is 17.7 Å². The van der Waals surface area contributed by atoms with Crippen LogP contribution in [0.5, 0.6) is 0 Å². The molecule has 0 bridgehead atoms. The summed E-state index contributed by atoms with van der Waals surface area (Å²) in [6.45, 7) is 22.0. The van der Waals surface area contributed by atoms with Crippen LogP contribution in [-0.2, 0) is 23.9 Å². The molecule has 2 atom stereocenters. The molecule has 7 N–H and O–H groups in total. The zero-order chi connectivity index (χ0) is 34.9. The van der Waals surface area contributed by atoms with Gasteiger partial charge in [-0.2, -0.15) is 0 Å². The number of carbonyl (C=O) groups excluding carboxylic acids is 3. The second-order valence-corrected chi connectivity index (χ2v) is 15.8. The van der Waals surface area contributed by atoms with Gasteiger partial charge >= 0.3 is 5.97 Å². The van der Waals surface area contributed by atoms with Crippen LogP contribution < -0.4 is 26.6 Å². The normalized spacial score (nSPS) is 14.0. The first-order valence-electron chi connectivity index (χ1n) is 16.3. The van der Waals surface area contributed by atoms with E-state index in [1.807, 2.05) is 48.5 Å². The molecule has 0 aliphatic carbocycles. The number of carboxylic acid groups (broad SMARTS) is 1. The quantitative estimate of drug-likeness (QED) is 0.0651. The van der Waals surface area contributed by atoms with Crippen molar-refractivity contribution in [2.45, 2.75) is 144 Å². The Bertz CT molecular complexity index is 910. The highest BCUT2D eigenvalue weighted by molar-refractivity contribution is 5.84. The number of aliphatic carboxylic acids is 1. The zero-order valence-corrected chi connectivity index (χ0v) is 29.8. The molecule has 0 aliphatic heterocycles. The smallest absolute Gasteiger partial charge is 0.326 e. The van der Waals surface area contributed by atoms with E-state index in [0.29, 0.717) is 45.3 Å². The zero-order valence-electron chi connectivity index (χ0n) is 29.8. The third-order valence-electron chi connectivity index (χ3n) is 7.38. The molecule has 264 valence electrons. The summed E-state index contributed by atoms with van der Waals surface area (Å²) in [4.78, 5) is 49.2. The summed E-state index contributed by atoms with van der Waals surface area (Å²) in [5.74, 6) is -1.83. The number of carboxylic acids is 1. The third-order valence-corrected chi connectivity index (χ3v) is 7.38. The summed E-state index contributed by atoms with van der Waals surface area (Å²) >= 11 is 0. The predicted molar refractivity (Wildman–Crippen MR) is 178 cm³/mol. The van der Waals surface area contributed by atoms with Gasteiger partial charge in [-0.05, 0) is 77.6 Å². The topological polar surface area (TPSA) is 178 Å². The molecule has 0 aromatic carbocycles. The fraction of sp³-hybridized carbons (Fsp3) is 0.879. The van der Waals surface area contributed by atoms with E-state index >= 15 is 0 Å². The van der Waals surface area contributed by atoms with E-state index in [0.717, 1.165) is 6.42 Å². The fourth-order valence-corrected chi connectivity index (χ4v) is 4.67. The van der Waals surface area contributed by atoms with Crippen molar-refractivity contribution in [2.24, 2.45) is 10.8 Å². The van der Waals surface area contributed by atoms with Crippen molar-refractivity contribution in [3.05, 3.63) is 0 Å². The predicted octanol–water partition coefficient (Wildman–Crippen LogP) is 3.07. The van der Waals surface area contributed by atoms with E-state index in [1.165, 1.54) is 0 Å². The minimum absolute atomic E-state index is 0.00287. The SMILES string of the molecule is CC(C)(C)CCNC(=O)CC[C@@H](COCO)NC(C)(C)CCC(C)(C)CC(=O)NC(CCC(=O)NCCNC(C)(C)C)C(=O)O. The summed E-state index contributed by atoms with van der Waals surface area (Å²) in [7, 11) is 0. The number of nitrogens with one attached hydrogen (secondary N) is 5. The molecule has 0 spiro atoms. The van der Waals surface area contributed by atoms with Crippen molar-refractivity contribution in [3.63, 3.8) is 0 Å². The Labute approximate surface area is 272 Å². The van der Waals surface area contributed by atoms with Crippen LogP contribution in [0.4, 0.5) is 0 Å². The summed E-state index contributed by atoms with van der Waals surface area (Å²) < 4.78 is 5.26. The Morgan fingerprint density at radius 3 is 1.84 bits per heavy atom. The van der Waals surface area contributed by atoms with Gasteiger partial charge in [0.1, 0.15) is 12.8 Å². The number of rotatable bonds is 23. The number of aliphatic hydroxyl groups excluding tert-OH is 1. The highest BCUT2D eigenvalue weighted by Crippen LogP contribution is 2.30. The van der Waals surface area contributed by atoms with Crippen molar-refractivity contribution in [1.82, 2.24) is 26.6 Å². The van der Waals surface area contributed by atoms with Gasteiger partial charge in [0.05, 0.1) is 6.61 Å². The van der Waals surface area contributed by atoms with Crippen LogP contribution in [0.3, 0.4) is 0 Å². The number of amides is 3. The van der Waals surface area contributed by atoms with E-state index in [9.17, 15) is 29.4 Å². The Hall–Kier alpha value is -2.28. The molecule has 1 unspecified atom stereocenters. The lowest BCUT2D eigenvalue weighted by Crippen LogP contribution is -2.49. The minimum Gasteiger partial charge on any atom is -0.480 e. The number of hydrogen-bond acceptors (Lipinski definition) is 8. The maximum Gasteiger partial charge on any atom is 0.326 e. The first-order chi connectivity index (χ1) is 20.5. The van der Waals surface area contributed by atoms with Crippen LogP contribution in [0.2, 0.25) is 0 Å². The fourth-order valence-electron chi connectivity index (χ4n) is 4.67. The highest BCUT2D eigenvalue weighted by Gasteiger charge is 2.30. The van der Waals surface area contributed by atoms with Crippen molar-refractivity contribution in [3.8, 4) is 0 Å². The van der Waals surface area contributed by atoms with Crippen LogP contribution in [0.1, 0.15) is 121 Å². The molecule has 0 aromatic rings. The first kappa shape index (κ1) is 42.7. The van der Waals surface area contributed by atoms with E-state index in [4.69, 9.17) is 4.74 Å². The van der Waals surface area contributed by atoms with Crippen LogP contribution in [0.25, 0.3) is 0 Å². The molecular weight excluding hydrogens is 578 g/mol. The van der Waals surface area contributed by atoms with Gasteiger partial charge in [0.15, 0.2) is 0 Å². The molecule has 0 aromatic heterocycles. The maximum absolute atomic E-state index is 12.8. The van der Waals surface area contributed by atoms with Gasteiger partial charge in [0, 0.05) is 56.0 Å². The number of ether oxygens (including phenoxy) is 1. The molecule has 0 radical (unpaired) electrons.